The van der Waals surface area contributed by atoms with Gasteiger partial charge in [-0.1, -0.05) is 74.2 Å². The first-order valence-corrected chi connectivity index (χ1v) is 9.70. The van der Waals surface area contributed by atoms with E-state index in [0.29, 0.717) is 0 Å². The Morgan fingerprint density at radius 3 is 1.88 bits per heavy atom. The molecule has 0 saturated heterocycles. The van der Waals surface area contributed by atoms with Crippen molar-refractivity contribution < 1.29 is 0 Å². The van der Waals surface area contributed by atoms with Gasteiger partial charge in [0, 0.05) is 6.54 Å². The summed E-state index contributed by atoms with van der Waals surface area (Å²) in [6, 6.07) is 19.8. The number of hydrogen-bond donors (Lipinski definition) is 2. The maximum atomic E-state index is 5.53. The summed E-state index contributed by atoms with van der Waals surface area (Å²) in [5, 5.41) is 9.07. The fourth-order valence-corrected chi connectivity index (χ4v) is 3.61. The van der Waals surface area contributed by atoms with E-state index in [0.717, 1.165) is 19.6 Å². The first-order chi connectivity index (χ1) is 12.4. The maximum absolute atomic E-state index is 5.53. The molecule has 3 aromatic rings. The summed E-state index contributed by atoms with van der Waals surface area (Å²) in [4.78, 5) is 0. The molecule has 0 bridgehead atoms. The highest BCUT2D eigenvalue weighted by atomic mass is 14.8. The predicted octanol–water partition coefficient (Wildman–Crippen LogP) is 5.38. The predicted molar refractivity (Wildman–Crippen MR) is 110 cm³/mol. The van der Waals surface area contributed by atoms with Crippen molar-refractivity contribution in [1.82, 2.24) is 5.32 Å². The number of hydrogen-bond acceptors (Lipinski definition) is 2. The molecule has 2 heteroatoms. The monoisotopic (exact) mass is 334 g/mol. The van der Waals surface area contributed by atoms with Crippen LogP contribution >= 0.6 is 0 Å². The van der Waals surface area contributed by atoms with Gasteiger partial charge in [-0.25, -0.2) is 0 Å². The molecule has 0 heterocycles. The van der Waals surface area contributed by atoms with Gasteiger partial charge in [-0.05, 0) is 59.1 Å². The zero-order chi connectivity index (χ0) is 17.3. The van der Waals surface area contributed by atoms with Crippen LogP contribution in [-0.2, 0) is 6.54 Å². The van der Waals surface area contributed by atoms with Crippen molar-refractivity contribution in [1.29, 1.82) is 0 Å². The second-order valence-electron chi connectivity index (χ2n) is 6.88. The first kappa shape index (κ1) is 17.9. The van der Waals surface area contributed by atoms with Crippen molar-refractivity contribution in [2.45, 2.75) is 45.1 Å². The zero-order valence-electron chi connectivity index (χ0n) is 15.1. The van der Waals surface area contributed by atoms with Crippen LogP contribution in [0.25, 0.3) is 21.5 Å². The summed E-state index contributed by atoms with van der Waals surface area (Å²) in [5.41, 5.74) is 6.96. The van der Waals surface area contributed by atoms with Crippen LogP contribution in [0.15, 0.2) is 54.6 Å². The van der Waals surface area contributed by atoms with E-state index in [2.05, 4.69) is 59.9 Å². The van der Waals surface area contributed by atoms with Crippen molar-refractivity contribution in [3.63, 3.8) is 0 Å². The highest BCUT2D eigenvalue weighted by Gasteiger charge is 2.06. The zero-order valence-corrected chi connectivity index (χ0v) is 15.1. The summed E-state index contributed by atoms with van der Waals surface area (Å²) in [6.07, 6.45) is 7.68. The van der Waals surface area contributed by atoms with Gasteiger partial charge >= 0.3 is 0 Å². The lowest BCUT2D eigenvalue weighted by molar-refractivity contribution is 0.568. The van der Waals surface area contributed by atoms with E-state index >= 15 is 0 Å². The van der Waals surface area contributed by atoms with Crippen molar-refractivity contribution in [2.24, 2.45) is 5.73 Å². The number of unbranched alkanes of at least 4 members (excludes halogenated alkanes) is 5. The quantitative estimate of drug-likeness (QED) is 0.386. The third kappa shape index (κ3) is 4.81. The highest BCUT2D eigenvalue weighted by molar-refractivity contribution is 6.02. The fraction of sp³-hybridized carbons (Fsp3) is 0.391. The average Bonchev–Trinajstić information content (AvgIpc) is 2.66. The summed E-state index contributed by atoms with van der Waals surface area (Å²) < 4.78 is 0. The van der Waals surface area contributed by atoms with Gasteiger partial charge in [0.2, 0.25) is 0 Å². The van der Waals surface area contributed by atoms with Gasteiger partial charge < -0.3 is 11.1 Å². The van der Waals surface area contributed by atoms with Crippen molar-refractivity contribution >= 4 is 21.5 Å². The lowest BCUT2D eigenvalue weighted by Gasteiger charge is -2.12. The molecule has 25 heavy (non-hydrogen) atoms. The molecule has 0 aliphatic rings. The molecule has 0 amide bonds. The molecule has 0 atom stereocenters. The van der Waals surface area contributed by atoms with E-state index in [1.165, 1.54) is 65.6 Å². The lowest BCUT2D eigenvalue weighted by atomic mass is 9.97. The molecule has 0 aliphatic heterocycles. The van der Waals surface area contributed by atoms with Crippen LogP contribution in [0.1, 0.15) is 44.1 Å². The summed E-state index contributed by atoms with van der Waals surface area (Å²) >= 11 is 0. The van der Waals surface area contributed by atoms with Crippen LogP contribution in [0.2, 0.25) is 0 Å². The molecule has 0 aliphatic carbocycles. The molecule has 0 saturated carbocycles. The lowest BCUT2D eigenvalue weighted by Crippen LogP contribution is -2.15. The van der Waals surface area contributed by atoms with Gasteiger partial charge in [0.25, 0.3) is 0 Å². The van der Waals surface area contributed by atoms with Crippen LogP contribution in [0.3, 0.4) is 0 Å². The van der Waals surface area contributed by atoms with Crippen LogP contribution in [0, 0.1) is 0 Å². The topological polar surface area (TPSA) is 38.0 Å². The third-order valence-electron chi connectivity index (χ3n) is 4.99. The second-order valence-corrected chi connectivity index (χ2v) is 6.88. The highest BCUT2D eigenvalue weighted by Crippen LogP contribution is 2.28. The number of nitrogens with one attached hydrogen (secondary N) is 1. The molecular weight excluding hydrogens is 304 g/mol. The van der Waals surface area contributed by atoms with E-state index in [9.17, 15) is 0 Å². The molecule has 132 valence electrons. The van der Waals surface area contributed by atoms with Gasteiger partial charge in [-0.3, -0.25) is 0 Å². The van der Waals surface area contributed by atoms with E-state index in [1.54, 1.807) is 0 Å². The minimum absolute atomic E-state index is 0.834. The van der Waals surface area contributed by atoms with Crippen LogP contribution in [0.4, 0.5) is 0 Å². The molecular formula is C23H30N2. The van der Waals surface area contributed by atoms with Crippen LogP contribution < -0.4 is 11.1 Å². The Morgan fingerprint density at radius 1 is 0.680 bits per heavy atom. The minimum Gasteiger partial charge on any atom is -0.330 e. The smallest absolute Gasteiger partial charge is 0.0217 e. The fourth-order valence-electron chi connectivity index (χ4n) is 3.61. The molecule has 3 rings (SSSR count). The summed E-state index contributed by atoms with van der Waals surface area (Å²) in [7, 11) is 0. The molecule has 0 radical (unpaired) electrons. The van der Waals surface area contributed by atoms with E-state index < -0.39 is 0 Å². The van der Waals surface area contributed by atoms with Gasteiger partial charge in [-0.15, -0.1) is 0 Å². The SMILES string of the molecule is NCCCCCCCCNCc1c2ccccc2cc2ccccc12. The Hall–Kier alpha value is -1.90. The Labute approximate surface area is 151 Å². The van der Waals surface area contributed by atoms with E-state index in [4.69, 9.17) is 5.73 Å². The van der Waals surface area contributed by atoms with Crippen molar-refractivity contribution in [3.8, 4) is 0 Å². The van der Waals surface area contributed by atoms with Crippen LogP contribution in [-0.4, -0.2) is 13.1 Å². The molecule has 0 unspecified atom stereocenters. The molecule has 3 N–H and O–H groups in total. The van der Waals surface area contributed by atoms with Crippen molar-refractivity contribution in [3.05, 3.63) is 60.2 Å². The van der Waals surface area contributed by atoms with Crippen molar-refractivity contribution in [2.75, 3.05) is 13.1 Å². The summed E-state index contributed by atoms with van der Waals surface area (Å²) in [5.74, 6) is 0. The Balaban J connectivity index is 1.59. The Bertz CT molecular complexity index is 740. The normalized spacial score (nSPS) is 11.4. The molecule has 3 aromatic carbocycles. The average molecular weight is 335 g/mol. The largest absolute Gasteiger partial charge is 0.330 e. The minimum atomic E-state index is 0.834. The van der Waals surface area contributed by atoms with Crippen LogP contribution in [0.5, 0.6) is 0 Å². The Morgan fingerprint density at radius 2 is 1.24 bits per heavy atom. The molecule has 2 nitrogen and oxygen atoms in total. The van der Waals surface area contributed by atoms with E-state index in [1.807, 2.05) is 0 Å². The molecule has 0 aromatic heterocycles. The first-order valence-electron chi connectivity index (χ1n) is 9.70. The molecule has 0 spiro atoms. The molecule has 0 fully saturated rings. The van der Waals surface area contributed by atoms with Gasteiger partial charge in [0.05, 0.1) is 0 Å². The third-order valence-corrected chi connectivity index (χ3v) is 4.99. The summed E-state index contributed by atoms with van der Waals surface area (Å²) in [6.45, 7) is 2.87. The van der Waals surface area contributed by atoms with Gasteiger partial charge in [-0.2, -0.15) is 0 Å². The second kappa shape index (κ2) is 9.55. The van der Waals surface area contributed by atoms with Gasteiger partial charge in [0.1, 0.15) is 0 Å². The van der Waals surface area contributed by atoms with Gasteiger partial charge in [0.15, 0.2) is 0 Å². The number of nitrogens with two attached hydrogens (primary N) is 1. The maximum Gasteiger partial charge on any atom is 0.0217 e. The standard InChI is InChI=1S/C23H30N2/c24-15-9-3-1-2-4-10-16-25-18-23-21-13-7-5-11-19(21)17-20-12-6-8-14-22(20)23/h5-8,11-14,17,25H,1-4,9-10,15-16,18,24H2. The number of rotatable bonds is 10. The Kier molecular flexibility index (Phi) is 6.84. The van der Waals surface area contributed by atoms with E-state index in [-0.39, 0.29) is 0 Å². The number of benzene rings is 3. The number of fused-ring (bicyclic) bond motifs is 2.